The van der Waals surface area contributed by atoms with Gasteiger partial charge in [0.2, 0.25) is 5.13 Å². The number of aryl methyl sites for hydroxylation is 1. The average molecular weight is 378 g/mol. The summed E-state index contributed by atoms with van der Waals surface area (Å²) >= 11 is 7.05. The fourth-order valence-electron chi connectivity index (χ4n) is 2.13. The molecule has 0 spiro atoms. The van der Waals surface area contributed by atoms with Gasteiger partial charge < -0.3 is 10.2 Å². The molecule has 0 amide bonds. The monoisotopic (exact) mass is 377 g/mol. The average Bonchev–Trinajstić information content (AvgIpc) is 3.01. The molecule has 0 unspecified atom stereocenters. The first-order valence-electron chi connectivity index (χ1n) is 7.16. The zero-order chi connectivity index (χ0) is 18.0. The number of aromatic nitrogens is 1. The van der Waals surface area contributed by atoms with Crippen molar-refractivity contribution in [3.63, 3.8) is 0 Å². The fourth-order valence-corrected chi connectivity index (χ4v) is 2.99. The van der Waals surface area contributed by atoms with Gasteiger partial charge in [-0.1, -0.05) is 17.7 Å². The smallest absolute Gasteiger partial charge is 0.203 e. The van der Waals surface area contributed by atoms with E-state index in [9.17, 15) is 14.6 Å². The van der Waals surface area contributed by atoms with Crippen LogP contribution in [0.3, 0.4) is 0 Å². The quantitative estimate of drug-likeness (QED) is 0.452. The van der Waals surface area contributed by atoms with Gasteiger partial charge in [-0.2, -0.15) is 5.10 Å². The maximum Gasteiger partial charge on any atom is 0.203 e. The zero-order valence-electron chi connectivity index (χ0n) is 13.0. The fraction of sp³-hybridized carbons (Fsp3) is 0.0588. The number of rotatable bonds is 4. The van der Waals surface area contributed by atoms with Crippen molar-refractivity contribution >= 4 is 34.3 Å². The Morgan fingerprint density at radius 3 is 2.84 bits per heavy atom. The second-order valence-electron chi connectivity index (χ2n) is 5.25. The molecule has 3 aromatic rings. The molecular formula is C17H13ClFN3O2S. The van der Waals surface area contributed by atoms with E-state index in [-0.39, 0.29) is 16.3 Å². The van der Waals surface area contributed by atoms with Crippen LogP contribution in [0.15, 0.2) is 40.8 Å². The molecule has 0 aliphatic carbocycles. The van der Waals surface area contributed by atoms with Gasteiger partial charge in [0.1, 0.15) is 5.75 Å². The van der Waals surface area contributed by atoms with Crippen molar-refractivity contribution in [2.45, 2.75) is 6.92 Å². The zero-order valence-corrected chi connectivity index (χ0v) is 14.6. The van der Waals surface area contributed by atoms with Crippen LogP contribution in [0.25, 0.3) is 11.3 Å². The molecular weight excluding hydrogens is 365 g/mol. The number of nitrogens with zero attached hydrogens (tertiary/aromatic N) is 2. The number of phenols is 2. The molecule has 1 aromatic heterocycles. The van der Waals surface area contributed by atoms with Gasteiger partial charge in [-0.25, -0.2) is 9.37 Å². The van der Waals surface area contributed by atoms with Crippen LogP contribution in [0, 0.1) is 12.7 Å². The van der Waals surface area contributed by atoms with Gasteiger partial charge in [0.15, 0.2) is 11.6 Å². The summed E-state index contributed by atoms with van der Waals surface area (Å²) in [5.41, 5.74) is 4.81. The largest absolute Gasteiger partial charge is 0.507 e. The highest BCUT2D eigenvalue weighted by Crippen LogP contribution is 2.35. The number of phenolic OH excluding ortho intramolecular Hbond substituents is 2. The van der Waals surface area contributed by atoms with E-state index in [0.717, 1.165) is 11.6 Å². The Balaban J connectivity index is 1.77. The normalized spacial score (nSPS) is 11.2. The summed E-state index contributed by atoms with van der Waals surface area (Å²) in [7, 11) is 0. The molecule has 0 atom stereocenters. The van der Waals surface area contributed by atoms with E-state index >= 15 is 0 Å². The first-order valence-corrected chi connectivity index (χ1v) is 8.42. The minimum Gasteiger partial charge on any atom is -0.507 e. The first-order chi connectivity index (χ1) is 11.9. The Hall–Kier alpha value is -2.64. The molecule has 5 nitrogen and oxygen atoms in total. The predicted octanol–water partition coefficient (Wildman–Crippen LogP) is 4.77. The molecule has 0 aliphatic rings. The van der Waals surface area contributed by atoms with Crippen LogP contribution < -0.4 is 5.43 Å². The summed E-state index contributed by atoms with van der Waals surface area (Å²) in [6.45, 7) is 1.88. The molecule has 25 heavy (non-hydrogen) atoms. The molecule has 0 bridgehead atoms. The van der Waals surface area contributed by atoms with Crippen LogP contribution >= 0.6 is 22.9 Å². The standard InChI is InChI=1S/C17H13ClFN3O2S/c1-9-2-3-10(15(23)4-9)7-20-22-17-21-14(8-25-17)12-5-11(18)6-13(19)16(12)24/h2-8,23-24H,1H3,(H,21,22)/b20-7+. The summed E-state index contributed by atoms with van der Waals surface area (Å²) in [6.07, 6.45) is 1.46. The maximum absolute atomic E-state index is 13.6. The summed E-state index contributed by atoms with van der Waals surface area (Å²) in [5, 5.41) is 25.9. The first kappa shape index (κ1) is 17.2. The lowest BCUT2D eigenvalue weighted by Crippen LogP contribution is -1.91. The number of anilines is 1. The Kier molecular flexibility index (Phi) is 4.87. The molecule has 0 saturated heterocycles. The lowest BCUT2D eigenvalue weighted by Gasteiger charge is -2.03. The Labute approximate surface area is 152 Å². The number of thiazole rings is 1. The van der Waals surface area contributed by atoms with Gasteiger partial charge in [0, 0.05) is 21.5 Å². The minimum absolute atomic E-state index is 0.129. The highest BCUT2D eigenvalue weighted by molar-refractivity contribution is 7.14. The van der Waals surface area contributed by atoms with Gasteiger partial charge >= 0.3 is 0 Å². The molecule has 128 valence electrons. The van der Waals surface area contributed by atoms with E-state index in [4.69, 9.17) is 11.6 Å². The number of hydrogen-bond donors (Lipinski definition) is 3. The molecule has 2 aromatic carbocycles. The third kappa shape index (κ3) is 3.89. The highest BCUT2D eigenvalue weighted by atomic mass is 35.5. The Morgan fingerprint density at radius 2 is 2.08 bits per heavy atom. The number of nitrogens with one attached hydrogen (secondary N) is 1. The van der Waals surface area contributed by atoms with E-state index in [0.29, 0.717) is 16.4 Å². The molecule has 0 fully saturated rings. The molecule has 0 aliphatic heterocycles. The number of hydrogen-bond acceptors (Lipinski definition) is 6. The Morgan fingerprint density at radius 1 is 1.28 bits per heavy atom. The highest BCUT2D eigenvalue weighted by Gasteiger charge is 2.14. The maximum atomic E-state index is 13.6. The van der Waals surface area contributed by atoms with Crippen LogP contribution in [-0.2, 0) is 0 Å². The van der Waals surface area contributed by atoms with Gasteiger partial charge in [-0.15, -0.1) is 11.3 Å². The van der Waals surface area contributed by atoms with Gasteiger partial charge in [0.05, 0.1) is 11.9 Å². The summed E-state index contributed by atoms with van der Waals surface area (Å²) < 4.78 is 13.6. The second kappa shape index (κ2) is 7.08. The molecule has 0 saturated carbocycles. The lowest BCUT2D eigenvalue weighted by molar-refractivity contribution is 0.434. The van der Waals surface area contributed by atoms with Crippen LogP contribution in [0.1, 0.15) is 11.1 Å². The SMILES string of the molecule is Cc1ccc(/C=N/Nc2nc(-c3cc(Cl)cc(F)c3O)cs2)c(O)c1. The molecule has 0 radical (unpaired) electrons. The van der Waals surface area contributed by atoms with Crippen LogP contribution in [0.5, 0.6) is 11.5 Å². The molecule has 8 heteroatoms. The van der Waals surface area contributed by atoms with E-state index < -0.39 is 11.6 Å². The van der Waals surface area contributed by atoms with Gasteiger partial charge in [-0.05, 0) is 36.8 Å². The van der Waals surface area contributed by atoms with E-state index in [1.165, 1.54) is 23.6 Å². The molecule has 1 heterocycles. The van der Waals surface area contributed by atoms with Crippen molar-refractivity contribution in [1.29, 1.82) is 0 Å². The minimum atomic E-state index is -0.808. The summed E-state index contributed by atoms with van der Waals surface area (Å²) in [5.74, 6) is -1.18. The number of hydrazone groups is 1. The predicted molar refractivity (Wildman–Crippen MR) is 98.2 cm³/mol. The number of aromatic hydroxyl groups is 2. The number of benzene rings is 2. The lowest BCUT2D eigenvalue weighted by atomic mass is 10.1. The van der Waals surface area contributed by atoms with Crippen molar-refractivity contribution in [3.05, 3.63) is 57.7 Å². The van der Waals surface area contributed by atoms with E-state index in [1.54, 1.807) is 17.5 Å². The van der Waals surface area contributed by atoms with Crippen molar-refractivity contribution < 1.29 is 14.6 Å². The second-order valence-corrected chi connectivity index (χ2v) is 6.55. The topological polar surface area (TPSA) is 77.7 Å². The Bertz CT molecular complexity index is 959. The summed E-state index contributed by atoms with van der Waals surface area (Å²) in [4.78, 5) is 4.24. The van der Waals surface area contributed by atoms with E-state index in [2.05, 4.69) is 15.5 Å². The van der Waals surface area contributed by atoms with Crippen molar-refractivity contribution in [1.82, 2.24) is 4.98 Å². The van der Waals surface area contributed by atoms with Gasteiger partial charge in [-0.3, -0.25) is 5.43 Å². The van der Waals surface area contributed by atoms with Crippen LogP contribution in [0.4, 0.5) is 9.52 Å². The third-order valence-electron chi connectivity index (χ3n) is 3.36. The molecule has 3 rings (SSSR count). The van der Waals surface area contributed by atoms with Gasteiger partial charge in [0.25, 0.3) is 0 Å². The third-order valence-corrected chi connectivity index (χ3v) is 4.32. The van der Waals surface area contributed by atoms with Crippen LogP contribution in [0.2, 0.25) is 5.02 Å². The number of halogens is 2. The summed E-state index contributed by atoms with van der Waals surface area (Å²) in [6, 6.07) is 7.71. The van der Waals surface area contributed by atoms with E-state index in [1.807, 2.05) is 13.0 Å². The van der Waals surface area contributed by atoms with Crippen LogP contribution in [-0.4, -0.2) is 21.4 Å². The molecule has 3 N–H and O–H groups in total. The van der Waals surface area contributed by atoms with Crippen molar-refractivity contribution in [3.8, 4) is 22.8 Å². The van der Waals surface area contributed by atoms with Crippen molar-refractivity contribution in [2.75, 3.05) is 5.43 Å². The van der Waals surface area contributed by atoms with Crippen molar-refractivity contribution in [2.24, 2.45) is 5.10 Å².